The number of rotatable bonds is 4. The maximum absolute atomic E-state index is 12.4. The van der Waals surface area contributed by atoms with Crippen molar-refractivity contribution in [2.75, 3.05) is 6.54 Å². The van der Waals surface area contributed by atoms with Crippen molar-refractivity contribution < 1.29 is 14.5 Å². The smallest absolute Gasteiger partial charge is 0.321 e. The van der Waals surface area contributed by atoms with Crippen LogP contribution < -0.4 is 15.5 Å². The molecule has 3 N–H and O–H groups in total. The molecule has 0 aliphatic carbocycles. The molecule has 2 aromatic rings. The summed E-state index contributed by atoms with van der Waals surface area (Å²) in [5, 5.41) is 5.18. The molecule has 5 heteroatoms. The van der Waals surface area contributed by atoms with Gasteiger partial charge in [-0.15, -0.1) is 0 Å². The molecule has 0 saturated carbocycles. The Hall–Kier alpha value is -2.66. The molecule has 25 heavy (non-hydrogen) atoms. The number of amides is 3. The van der Waals surface area contributed by atoms with Crippen LogP contribution in [0.1, 0.15) is 23.6 Å². The van der Waals surface area contributed by atoms with Crippen molar-refractivity contribution in [1.29, 1.82) is 0 Å². The maximum Gasteiger partial charge on any atom is 0.321 e. The number of hydrogen-bond donors (Lipinski definition) is 3. The average Bonchev–Trinajstić information content (AvgIpc) is 2.66. The highest BCUT2D eigenvalue weighted by atomic mass is 16.2. The number of urea groups is 1. The first-order valence-electron chi connectivity index (χ1n) is 8.67. The Morgan fingerprint density at radius 2 is 1.72 bits per heavy atom. The highest BCUT2D eigenvalue weighted by Gasteiger charge is 2.29. The second kappa shape index (κ2) is 7.94. The van der Waals surface area contributed by atoms with Crippen LogP contribution in [-0.2, 0) is 24.3 Å². The highest BCUT2D eigenvalue weighted by Crippen LogP contribution is 2.10. The van der Waals surface area contributed by atoms with Gasteiger partial charge >= 0.3 is 6.03 Å². The number of hydrogen-bond acceptors (Lipinski definition) is 2. The number of nitrogens with one attached hydrogen (secondary N) is 3. The molecule has 1 unspecified atom stereocenters. The maximum atomic E-state index is 12.4. The fourth-order valence-corrected chi connectivity index (χ4v) is 3.20. The minimum atomic E-state index is -0.447. The molecular formula is C20H24N3O2+. The summed E-state index contributed by atoms with van der Waals surface area (Å²) in [6, 6.07) is 17.3. The van der Waals surface area contributed by atoms with Crippen LogP contribution in [0.2, 0.25) is 0 Å². The summed E-state index contributed by atoms with van der Waals surface area (Å²) in [5.41, 5.74) is 3.65. The zero-order chi connectivity index (χ0) is 17.6. The summed E-state index contributed by atoms with van der Waals surface area (Å²) in [6.45, 7) is 4.00. The molecule has 3 rings (SSSR count). The van der Waals surface area contributed by atoms with Crippen molar-refractivity contribution in [2.45, 2.75) is 32.5 Å². The quantitative estimate of drug-likeness (QED) is 0.780. The van der Waals surface area contributed by atoms with Gasteiger partial charge in [-0.05, 0) is 18.1 Å². The second-order valence-corrected chi connectivity index (χ2v) is 6.48. The van der Waals surface area contributed by atoms with E-state index in [1.54, 1.807) is 0 Å². The zero-order valence-corrected chi connectivity index (χ0v) is 14.4. The van der Waals surface area contributed by atoms with E-state index in [9.17, 15) is 9.59 Å². The third kappa shape index (κ3) is 4.45. The van der Waals surface area contributed by atoms with Gasteiger partial charge in [0.2, 0.25) is 0 Å². The average molecular weight is 338 g/mol. The minimum Gasteiger partial charge on any atom is -0.334 e. The molecule has 130 valence electrons. The second-order valence-electron chi connectivity index (χ2n) is 6.48. The number of carbonyl (C=O) groups excluding carboxylic acids is 2. The lowest BCUT2D eigenvalue weighted by atomic mass is 9.99. The van der Waals surface area contributed by atoms with Gasteiger partial charge in [0, 0.05) is 18.5 Å². The normalized spacial score (nSPS) is 17.2. The van der Waals surface area contributed by atoms with Gasteiger partial charge in [-0.3, -0.25) is 10.1 Å². The van der Waals surface area contributed by atoms with Crippen LogP contribution in [0.15, 0.2) is 54.6 Å². The third-order valence-electron chi connectivity index (χ3n) is 4.79. The van der Waals surface area contributed by atoms with Crippen molar-refractivity contribution >= 4 is 11.9 Å². The van der Waals surface area contributed by atoms with Crippen molar-refractivity contribution in [2.24, 2.45) is 0 Å². The highest BCUT2D eigenvalue weighted by molar-refractivity contribution is 5.96. The lowest BCUT2D eigenvalue weighted by Crippen LogP contribution is -3.16. The van der Waals surface area contributed by atoms with E-state index in [0.717, 1.165) is 25.1 Å². The number of imide groups is 1. The molecule has 3 amide bonds. The molecule has 0 spiro atoms. The van der Waals surface area contributed by atoms with Crippen LogP contribution >= 0.6 is 0 Å². The van der Waals surface area contributed by atoms with E-state index in [2.05, 4.69) is 28.8 Å². The molecule has 0 saturated heterocycles. The number of quaternary nitrogens is 1. The Morgan fingerprint density at radius 3 is 2.48 bits per heavy atom. The molecular weight excluding hydrogens is 314 g/mol. The van der Waals surface area contributed by atoms with Gasteiger partial charge in [0.05, 0.1) is 6.54 Å². The molecule has 1 aliphatic heterocycles. The lowest BCUT2D eigenvalue weighted by molar-refractivity contribution is -0.929. The van der Waals surface area contributed by atoms with E-state index in [-0.39, 0.29) is 11.9 Å². The summed E-state index contributed by atoms with van der Waals surface area (Å²) >= 11 is 0. The molecule has 0 radical (unpaired) electrons. The topological polar surface area (TPSA) is 62.6 Å². The first-order valence-corrected chi connectivity index (χ1v) is 8.67. The molecule has 2 aromatic carbocycles. The van der Waals surface area contributed by atoms with Gasteiger partial charge < -0.3 is 10.2 Å². The van der Waals surface area contributed by atoms with E-state index < -0.39 is 6.03 Å². The molecule has 0 fully saturated rings. The van der Waals surface area contributed by atoms with E-state index in [0.29, 0.717) is 6.54 Å². The van der Waals surface area contributed by atoms with Gasteiger partial charge in [-0.2, -0.15) is 0 Å². The fraction of sp³-hybridized carbons (Fsp3) is 0.300. The Morgan fingerprint density at radius 1 is 1.04 bits per heavy atom. The first-order chi connectivity index (χ1) is 12.1. The zero-order valence-electron chi connectivity index (χ0n) is 14.4. The predicted molar refractivity (Wildman–Crippen MR) is 96.0 cm³/mol. The Kier molecular flexibility index (Phi) is 5.46. The standard InChI is InChI=1S/C20H23N3O2/c1-15(23-12-11-17-9-5-6-10-18(17)14-23)19(24)22-20(25)21-13-16-7-3-2-4-8-16/h2-10,15H,11-14H2,1H3,(H2,21,22,24,25)/p+1/t15-/m0/s1. The monoisotopic (exact) mass is 338 g/mol. The Labute approximate surface area is 148 Å². The largest absolute Gasteiger partial charge is 0.334 e. The molecule has 0 bridgehead atoms. The Bertz CT molecular complexity index is 746. The minimum absolute atomic E-state index is 0.236. The summed E-state index contributed by atoms with van der Waals surface area (Å²) in [6.07, 6.45) is 0.962. The van der Waals surface area contributed by atoms with Crippen molar-refractivity contribution in [3.05, 3.63) is 71.3 Å². The van der Waals surface area contributed by atoms with Gasteiger partial charge in [0.15, 0.2) is 6.04 Å². The lowest BCUT2D eigenvalue weighted by Gasteiger charge is -2.29. The van der Waals surface area contributed by atoms with E-state index >= 15 is 0 Å². The van der Waals surface area contributed by atoms with Crippen LogP contribution in [0.5, 0.6) is 0 Å². The van der Waals surface area contributed by atoms with Crippen molar-refractivity contribution in [3.8, 4) is 0 Å². The van der Waals surface area contributed by atoms with Gasteiger partial charge in [0.25, 0.3) is 5.91 Å². The first kappa shape index (κ1) is 17.2. The molecule has 2 atom stereocenters. The van der Waals surface area contributed by atoms with Crippen LogP contribution in [0, 0.1) is 0 Å². The summed E-state index contributed by atoms with van der Waals surface area (Å²) < 4.78 is 0. The SMILES string of the molecule is C[C@@H](C(=O)NC(=O)NCc1ccccc1)[NH+]1CCc2ccccc2C1. The molecule has 1 heterocycles. The van der Waals surface area contributed by atoms with Gasteiger partial charge in [0.1, 0.15) is 6.54 Å². The third-order valence-corrected chi connectivity index (χ3v) is 4.79. The fourth-order valence-electron chi connectivity index (χ4n) is 3.20. The molecule has 0 aromatic heterocycles. The number of benzene rings is 2. The van der Waals surface area contributed by atoms with Crippen LogP contribution in [0.3, 0.4) is 0 Å². The predicted octanol–water partition coefficient (Wildman–Crippen LogP) is 1.04. The van der Waals surface area contributed by atoms with Crippen molar-refractivity contribution in [1.82, 2.24) is 10.6 Å². The summed E-state index contributed by atoms with van der Waals surface area (Å²) in [4.78, 5) is 25.5. The molecule has 5 nitrogen and oxygen atoms in total. The van der Waals surface area contributed by atoms with Gasteiger partial charge in [-0.1, -0.05) is 54.6 Å². The molecule has 1 aliphatic rings. The Balaban J connectivity index is 1.50. The number of fused-ring (bicyclic) bond motifs is 1. The van der Waals surface area contributed by atoms with Crippen LogP contribution in [0.4, 0.5) is 4.79 Å². The number of carbonyl (C=O) groups is 2. The van der Waals surface area contributed by atoms with Gasteiger partial charge in [-0.25, -0.2) is 4.79 Å². The summed E-state index contributed by atoms with van der Waals surface area (Å²) in [7, 11) is 0. The van der Waals surface area contributed by atoms with Crippen LogP contribution in [0.25, 0.3) is 0 Å². The van der Waals surface area contributed by atoms with Crippen LogP contribution in [-0.4, -0.2) is 24.5 Å². The van der Waals surface area contributed by atoms with E-state index in [1.165, 1.54) is 16.0 Å². The van der Waals surface area contributed by atoms with E-state index in [1.807, 2.05) is 43.3 Å². The summed E-state index contributed by atoms with van der Waals surface area (Å²) in [5.74, 6) is -0.236. The van der Waals surface area contributed by atoms with Crippen molar-refractivity contribution in [3.63, 3.8) is 0 Å². The van der Waals surface area contributed by atoms with E-state index in [4.69, 9.17) is 0 Å².